The summed E-state index contributed by atoms with van der Waals surface area (Å²) < 4.78 is 5.05. The highest BCUT2D eigenvalue weighted by atomic mass is 16.5. The maximum atomic E-state index is 9.97. The second kappa shape index (κ2) is 3.72. The molecule has 0 spiro atoms. The van der Waals surface area contributed by atoms with Gasteiger partial charge in [-0.15, -0.1) is 0 Å². The number of quaternary nitrogens is 1. The number of aliphatic hydroxyl groups is 1. The number of fused-ring (bicyclic) bond motifs is 1. The molecule has 0 aromatic heterocycles. The molecular formula is C11H16NO3+. The van der Waals surface area contributed by atoms with Crippen molar-refractivity contribution in [3.8, 4) is 11.5 Å². The van der Waals surface area contributed by atoms with Crippen LogP contribution >= 0.6 is 0 Å². The van der Waals surface area contributed by atoms with E-state index in [-0.39, 0.29) is 11.8 Å². The monoisotopic (exact) mass is 210 g/mol. The number of methoxy groups -OCH3 is 1. The van der Waals surface area contributed by atoms with Crippen molar-refractivity contribution in [3.05, 3.63) is 23.3 Å². The molecule has 2 atom stereocenters. The number of benzene rings is 1. The molecule has 1 aliphatic heterocycles. The lowest BCUT2D eigenvalue weighted by Crippen LogP contribution is -2.87. The quantitative estimate of drug-likeness (QED) is 0.614. The van der Waals surface area contributed by atoms with Crippen LogP contribution in [0.4, 0.5) is 0 Å². The lowest BCUT2D eigenvalue weighted by atomic mass is 9.92. The average Bonchev–Trinajstić information content (AvgIpc) is 2.23. The molecule has 0 aliphatic carbocycles. The topological polar surface area (TPSA) is 66.3 Å². The molecule has 2 rings (SSSR count). The molecule has 0 saturated carbocycles. The molecule has 0 unspecified atom stereocenters. The largest absolute Gasteiger partial charge is 0.504 e. The number of phenols is 1. The van der Waals surface area contributed by atoms with Gasteiger partial charge in [0.15, 0.2) is 11.5 Å². The average molecular weight is 210 g/mol. The molecule has 0 amide bonds. The Morgan fingerprint density at radius 3 is 2.87 bits per heavy atom. The Labute approximate surface area is 88.5 Å². The molecule has 82 valence electrons. The normalized spacial score (nSPS) is 24.7. The van der Waals surface area contributed by atoms with Gasteiger partial charge in [0.25, 0.3) is 0 Å². The minimum absolute atomic E-state index is 0.150. The van der Waals surface area contributed by atoms with Crippen molar-refractivity contribution in [2.45, 2.75) is 19.1 Å². The molecule has 0 fully saturated rings. The van der Waals surface area contributed by atoms with E-state index in [9.17, 15) is 10.2 Å². The summed E-state index contributed by atoms with van der Waals surface area (Å²) in [6.07, 6.45) is -0.506. The number of hydrogen-bond donors (Lipinski definition) is 3. The van der Waals surface area contributed by atoms with Crippen molar-refractivity contribution in [1.29, 1.82) is 0 Å². The van der Waals surface area contributed by atoms with E-state index in [2.05, 4.69) is 0 Å². The number of phenolic OH excluding ortho intramolecular Hbond substituents is 1. The fourth-order valence-electron chi connectivity index (χ4n) is 2.12. The number of hydrogen-bond acceptors (Lipinski definition) is 3. The highest BCUT2D eigenvalue weighted by Crippen LogP contribution is 2.38. The molecule has 4 heteroatoms. The number of aromatic hydroxyl groups is 1. The van der Waals surface area contributed by atoms with Crippen LogP contribution in [-0.4, -0.2) is 23.9 Å². The Balaban J connectivity index is 2.58. The molecule has 4 nitrogen and oxygen atoms in total. The predicted molar refractivity (Wildman–Crippen MR) is 54.8 cm³/mol. The van der Waals surface area contributed by atoms with Crippen LogP contribution < -0.4 is 10.1 Å². The van der Waals surface area contributed by atoms with E-state index in [1.807, 2.05) is 18.3 Å². The molecule has 1 aromatic carbocycles. The molecule has 0 radical (unpaired) electrons. The van der Waals surface area contributed by atoms with Crippen molar-refractivity contribution in [3.63, 3.8) is 0 Å². The van der Waals surface area contributed by atoms with Crippen LogP contribution in [0.15, 0.2) is 12.1 Å². The van der Waals surface area contributed by atoms with Crippen molar-refractivity contribution >= 4 is 0 Å². The van der Waals surface area contributed by atoms with E-state index in [4.69, 9.17) is 4.74 Å². The van der Waals surface area contributed by atoms with Crippen molar-refractivity contribution in [1.82, 2.24) is 0 Å². The van der Waals surface area contributed by atoms with Gasteiger partial charge in [-0.3, -0.25) is 0 Å². The van der Waals surface area contributed by atoms with Gasteiger partial charge in [-0.1, -0.05) is 6.07 Å². The molecule has 1 heterocycles. The molecule has 1 aliphatic rings. The minimum atomic E-state index is -0.506. The summed E-state index contributed by atoms with van der Waals surface area (Å²) in [4.78, 5) is 0. The lowest BCUT2D eigenvalue weighted by Gasteiger charge is -2.26. The van der Waals surface area contributed by atoms with Crippen LogP contribution in [0.3, 0.4) is 0 Å². The number of ether oxygens (including phenoxy) is 1. The first-order chi connectivity index (χ1) is 7.15. The summed E-state index contributed by atoms with van der Waals surface area (Å²) in [5.74, 6) is 0.612. The minimum Gasteiger partial charge on any atom is -0.504 e. The standard InChI is InChI=1S/C11H15NO3/c1-6-10-7(8(13)5-12-6)3-4-9(15-2)11(10)14/h3-4,6,8,12-14H,5H2,1-2H3/p+1/t6-,8-/m0/s1. The van der Waals surface area contributed by atoms with Crippen LogP contribution in [-0.2, 0) is 0 Å². The zero-order valence-corrected chi connectivity index (χ0v) is 8.90. The first-order valence-electron chi connectivity index (χ1n) is 5.06. The van der Waals surface area contributed by atoms with E-state index >= 15 is 0 Å². The smallest absolute Gasteiger partial charge is 0.167 e. The summed E-state index contributed by atoms with van der Waals surface area (Å²) >= 11 is 0. The van der Waals surface area contributed by atoms with Gasteiger partial charge < -0.3 is 20.3 Å². The maximum absolute atomic E-state index is 9.97. The van der Waals surface area contributed by atoms with E-state index in [0.717, 1.165) is 11.1 Å². The van der Waals surface area contributed by atoms with Crippen LogP contribution in [0.5, 0.6) is 11.5 Å². The summed E-state index contributed by atoms with van der Waals surface area (Å²) in [7, 11) is 1.52. The summed E-state index contributed by atoms with van der Waals surface area (Å²) in [6, 6.07) is 3.66. The number of aliphatic hydroxyl groups excluding tert-OH is 1. The summed E-state index contributed by atoms with van der Waals surface area (Å²) in [6.45, 7) is 2.64. The molecule has 4 N–H and O–H groups in total. The highest BCUT2D eigenvalue weighted by Gasteiger charge is 2.30. The van der Waals surface area contributed by atoms with Gasteiger partial charge in [0.1, 0.15) is 18.7 Å². The van der Waals surface area contributed by atoms with Gasteiger partial charge in [0, 0.05) is 0 Å². The Morgan fingerprint density at radius 1 is 1.47 bits per heavy atom. The van der Waals surface area contributed by atoms with Gasteiger partial charge in [-0.05, 0) is 18.6 Å². The highest BCUT2D eigenvalue weighted by molar-refractivity contribution is 5.51. The van der Waals surface area contributed by atoms with Gasteiger partial charge in [-0.25, -0.2) is 0 Å². The van der Waals surface area contributed by atoms with E-state index in [1.54, 1.807) is 6.07 Å². The third-order valence-corrected chi connectivity index (χ3v) is 2.96. The number of rotatable bonds is 1. The Bertz CT molecular complexity index is 378. The van der Waals surface area contributed by atoms with Crippen molar-refractivity contribution in [2.24, 2.45) is 0 Å². The predicted octanol–water partition coefficient (Wildman–Crippen LogP) is 0.0722. The molecule has 1 aromatic rings. The number of nitrogens with two attached hydrogens (primary N) is 1. The Hall–Kier alpha value is -1.26. The summed E-state index contributed by atoms with van der Waals surface area (Å²) in [5, 5.41) is 21.8. The zero-order valence-electron chi connectivity index (χ0n) is 8.90. The SMILES string of the molecule is COc1ccc2c(c1O)[C@H](C)[NH2+]C[C@@H]2O. The first kappa shape index (κ1) is 10.3. The molecule has 15 heavy (non-hydrogen) atoms. The van der Waals surface area contributed by atoms with Crippen molar-refractivity contribution < 1.29 is 20.3 Å². The van der Waals surface area contributed by atoms with Crippen LogP contribution in [0.25, 0.3) is 0 Å². The van der Waals surface area contributed by atoms with E-state index in [0.29, 0.717) is 12.3 Å². The molecule has 0 saturated heterocycles. The zero-order chi connectivity index (χ0) is 11.0. The summed E-state index contributed by atoms with van der Waals surface area (Å²) in [5.41, 5.74) is 1.59. The van der Waals surface area contributed by atoms with Gasteiger partial charge >= 0.3 is 0 Å². The molecule has 0 bridgehead atoms. The maximum Gasteiger partial charge on any atom is 0.167 e. The second-order valence-electron chi connectivity index (χ2n) is 3.90. The van der Waals surface area contributed by atoms with Crippen LogP contribution in [0, 0.1) is 0 Å². The van der Waals surface area contributed by atoms with Gasteiger partial charge in [0.2, 0.25) is 0 Å². The fourth-order valence-corrected chi connectivity index (χ4v) is 2.12. The third-order valence-electron chi connectivity index (χ3n) is 2.96. The Kier molecular flexibility index (Phi) is 2.54. The van der Waals surface area contributed by atoms with E-state index in [1.165, 1.54) is 7.11 Å². The Morgan fingerprint density at radius 2 is 2.20 bits per heavy atom. The molecular weight excluding hydrogens is 194 g/mol. The van der Waals surface area contributed by atoms with Gasteiger partial charge in [-0.2, -0.15) is 0 Å². The van der Waals surface area contributed by atoms with Crippen LogP contribution in [0.1, 0.15) is 30.2 Å². The first-order valence-corrected chi connectivity index (χ1v) is 5.06. The van der Waals surface area contributed by atoms with Crippen molar-refractivity contribution in [2.75, 3.05) is 13.7 Å². The van der Waals surface area contributed by atoms with Gasteiger partial charge in [0.05, 0.1) is 12.7 Å². The second-order valence-corrected chi connectivity index (χ2v) is 3.90. The van der Waals surface area contributed by atoms with Crippen LogP contribution in [0.2, 0.25) is 0 Å². The third kappa shape index (κ3) is 1.56. The van der Waals surface area contributed by atoms with E-state index < -0.39 is 6.10 Å². The fraction of sp³-hybridized carbons (Fsp3) is 0.455. The lowest BCUT2D eigenvalue weighted by molar-refractivity contribution is -0.703.